The van der Waals surface area contributed by atoms with Crippen LogP contribution in [0.2, 0.25) is 0 Å². The van der Waals surface area contributed by atoms with Crippen LogP contribution < -0.4 is 5.32 Å². The number of hydrogen-bond acceptors (Lipinski definition) is 2. The van der Waals surface area contributed by atoms with Crippen LogP contribution in [0.15, 0.2) is 54.9 Å². The van der Waals surface area contributed by atoms with Crippen molar-refractivity contribution in [3.05, 3.63) is 60.4 Å². The number of amides is 2. The molecule has 2 aromatic rings. The van der Waals surface area contributed by atoms with Crippen molar-refractivity contribution in [2.75, 3.05) is 13.6 Å². The number of nitrogens with zero attached hydrogens (tertiary/aromatic N) is 2. The normalized spacial score (nSPS) is 20.7. The lowest BCUT2D eigenvalue weighted by Crippen LogP contribution is -2.36. The van der Waals surface area contributed by atoms with Gasteiger partial charge in [0.05, 0.1) is 12.0 Å². The molecule has 1 fully saturated rings. The van der Waals surface area contributed by atoms with E-state index in [9.17, 15) is 9.59 Å². The second-order valence-electron chi connectivity index (χ2n) is 5.88. The summed E-state index contributed by atoms with van der Waals surface area (Å²) in [6, 6.07) is 13.5. The van der Waals surface area contributed by atoms with E-state index in [0.717, 1.165) is 12.1 Å². The molecular formula is C18H21N3O2. The number of benzene rings is 1. The van der Waals surface area contributed by atoms with Gasteiger partial charge in [-0.3, -0.25) is 9.59 Å². The smallest absolute Gasteiger partial charge is 0.226 e. The number of rotatable bonds is 5. The molecule has 0 spiro atoms. The summed E-state index contributed by atoms with van der Waals surface area (Å²) in [6.45, 7) is 1.29. The highest BCUT2D eigenvalue weighted by Gasteiger charge is 2.42. The zero-order chi connectivity index (χ0) is 16.2. The highest BCUT2D eigenvalue weighted by Crippen LogP contribution is 2.36. The van der Waals surface area contributed by atoms with E-state index in [1.54, 1.807) is 11.9 Å². The van der Waals surface area contributed by atoms with Gasteiger partial charge in [0.1, 0.15) is 0 Å². The molecule has 0 bridgehead atoms. The molecule has 1 aromatic carbocycles. The first-order valence-corrected chi connectivity index (χ1v) is 7.86. The van der Waals surface area contributed by atoms with Gasteiger partial charge in [0, 0.05) is 39.0 Å². The molecule has 1 aliphatic heterocycles. The predicted octanol–water partition coefficient (Wildman–Crippen LogP) is 1.82. The minimum atomic E-state index is -0.334. The number of nitrogens with one attached hydrogen (secondary N) is 1. The molecule has 3 rings (SSSR count). The van der Waals surface area contributed by atoms with Crippen LogP contribution in [0.5, 0.6) is 0 Å². The zero-order valence-corrected chi connectivity index (χ0v) is 13.2. The van der Waals surface area contributed by atoms with Gasteiger partial charge in [-0.05, 0) is 17.7 Å². The van der Waals surface area contributed by atoms with Crippen LogP contribution in [0.25, 0.3) is 0 Å². The van der Waals surface area contributed by atoms with Crippen LogP contribution in [0.1, 0.15) is 18.0 Å². The molecule has 1 saturated heterocycles. The van der Waals surface area contributed by atoms with E-state index in [-0.39, 0.29) is 30.2 Å². The maximum Gasteiger partial charge on any atom is 0.226 e. The summed E-state index contributed by atoms with van der Waals surface area (Å²) in [6.07, 6.45) is 4.20. The molecule has 2 heterocycles. The van der Waals surface area contributed by atoms with Crippen LogP contribution in [0.3, 0.4) is 0 Å². The maximum absolute atomic E-state index is 12.5. The van der Waals surface area contributed by atoms with Crippen molar-refractivity contribution >= 4 is 11.8 Å². The van der Waals surface area contributed by atoms with Gasteiger partial charge in [0.25, 0.3) is 0 Å². The molecule has 120 valence electrons. The topological polar surface area (TPSA) is 54.3 Å². The maximum atomic E-state index is 12.5. The first-order chi connectivity index (χ1) is 11.2. The lowest BCUT2D eigenvalue weighted by molar-refractivity contribution is -0.128. The SMILES string of the molecule is CN1C(=O)CC(C(=O)NCCn2cccc2)C1c1ccccc1. The monoisotopic (exact) mass is 311 g/mol. The molecular weight excluding hydrogens is 290 g/mol. The van der Waals surface area contributed by atoms with Gasteiger partial charge < -0.3 is 14.8 Å². The van der Waals surface area contributed by atoms with Crippen molar-refractivity contribution in [3.63, 3.8) is 0 Å². The summed E-state index contributed by atoms with van der Waals surface area (Å²) in [4.78, 5) is 26.3. The van der Waals surface area contributed by atoms with Crippen LogP contribution in [0.4, 0.5) is 0 Å². The summed E-state index contributed by atoms with van der Waals surface area (Å²) >= 11 is 0. The molecule has 2 unspecified atom stereocenters. The Kier molecular flexibility index (Phi) is 4.46. The third-order valence-corrected chi connectivity index (χ3v) is 4.40. The minimum Gasteiger partial charge on any atom is -0.354 e. The van der Waals surface area contributed by atoms with Gasteiger partial charge >= 0.3 is 0 Å². The van der Waals surface area contributed by atoms with E-state index >= 15 is 0 Å². The Bertz CT molecular complexity index is 667. The van der Waals surface area contributed by atoms with Crippen molar-refractivity contribution in [1.82, 2.24) is 14.8 Å². The summed E-state index contributed by atoms with van der Waals surface area (Å²) < 4.78 is 2.01. The van der Waals surface area contributed by atoms with E-state index in [4.69, 9.17) is 0 Å². The first-order valence-electron chi connectivity index (χ1n) is 7.86. The molecule has 0 radical (unpaired) electrons. The number of carbonyl (C=O) groups is 2. The summed E-state index contributed by atoms with van der Waals surface area (Å²) in [5, 5.41) is 2.97. The largest absolute Gasteiger partial charge is 0.354 e. The van der Waals surface area contributed by atoms with E-state index in [0.29, 0.717) is 6.54 Å². The van der Waals surface area contributed by atoms with Crippen LogP contribution in [0, 0.1) is 5.92 Å². The lowest BCUT2D eigenvalue weighted by Gasteiger charge is -2.25. The molecule has 2 amide bonds. The Labute approximate surface area is 135 Å². The average molecular weight is 311 g/mol. The van der Waals surface area contributed by atoms with Crippen LogP contribution >= 0.6 is 0 Å². The van der Waals surface area contributed by atoms with Crippen LogP contribution in [-0.4, -0.2) is 34.9 Å². The van der Waals surface area contributed by atoms with Crippen molar-refractivity contribution < 1.29 is 9.59 Å². The van der Waals surface area contributed by atoms with E-state index in [2.05, 4.69) is 5.32 Å². The summed E-state index contributed by atoms with van der Waals surface area (Å²) in [7, 11) is 1.77. The Morgan fingerprint density at radius 3 is 2.57 bits per heavy atom. The lowest BCUT2D eigenvalue weighted by atomic mass is 9.93. The van der Waals surface area contributed by atoms with Gasteiger partial charge in [0.2, 0.25) is 11.8 Å². The fourth-order valence-corrected chi connectivity index (χ4v) is 3.17. The fourth-order valence-electron chi connectivity index (χ4n) is 3.17. The highest BCUT2D eigenvalue weighted by molar-refractivity contribution is 5.90. The molecule has 1 aromatic heterocycles. The fraction of sp³-hybridized carbons (Fsp3) is 0.333. The second kappa shape index (κ2) is 6.69. The number of carbonyl (C=O) groups excluding carboxylic acids is 2. The number of hydrogen-bond donors (Lipinski definition) is 1. The van der Waals surface area contributed by atoms with Gasteiger partial charge in [-0.15, -0.1) is 0 Å². The predicted molar refractivity (Wildman–Crippen MR) is 87.5 cm³/mol. The zero-order valence-electron chi connectivity index (χ0n) is 13.2. The molecule has 0 saturated carbocycles. The molecule has 5 nitrogen and oxygen atoms in total. The van der Waals surface area contributed by atoms with E-state index in [1.807, 2.05) is 59.4 Å². The number of likely N-dealkylation sites (tertiary alicyclic amines) is 1. The summed E-state index contributed by atoms with van der Waals surface area (Å²) in [5.41, 5.74) is 1.01. The molecule has 2 atom stereocenters. The second-order valence-corrected chi connectivity index (χ2v) is 5.88. The Balaban J connectivity index is 1.66. The van der Waals surface area contributed by atoms with E-state index < -0.39 is 0 Å². The van der Waals surface area contributed by atoms with Crippen molar-refractivity contribution in [3.8, 4) is 0 Å². The van der Waals surface area contributed by atoms with Gasteiger partial charge in [-0.1, -0.05) is 30.3 Å². The summed E-state index contributed by atoms with van der Waals surface area (Å²) in [5.74, 6) is -0.368. The number of aromatic nitrogens is 1. The van der Waals surface area contributed by atoms with Crippen molar-refractivity contribution in [1.29, 1.82) is 0 Å². The third kappa shape index (κ3) is 3.28. The average Bonchev–Trinajstić information content (AvgIpc) is 3.17. The molecule has 5 heteroatoms. The van der Waals surface area contributed by atoms with Gasteiger partial charge in [-0.25, -0.2) is 0 Å². The van der Waals surface area contributed by atoms with Gasteiger partial charge in [-0.2, -0.15) is 0 Å². The van der Waals surface area contributed by atoms with E-state index in [1.165, 1.54) is 0 Å². The first kappa shape index (κ1) is 15.3. The van der Waals surface area contributed by atoms with Crippen molar-refractivity contribution in [2.45, 2.75) is 19.0 Å². The minimum absolute atomic E-state index is 0.0180. The van der Waals surface area contributed by atoms with Crippen LogP contribution in [-0.2, 0) is 16.1 Å². The Morgan fingerprint density at radius 2 is 1.87 bits per heavy atom. The molecule has 23 heavy (non-hydrogen) atoms. The van der Waals surface area contributed by atoms with Crippen molar-refractivity contribution in [2.24, 2.45) is 5.92 Å². The molecule has 0 aliphatic carbocycles. The Morgan fingerprint density at radius 1 is 1.17 bits per heavy atom. The van der Waals surface area contributed by atoms with Gasteiger partial charge in [0.15, 0.2) is 0 Å². The molecule has 1 aliphatic rings. The quantitative estimate of drug-likeness (QED) is 0.916. The highest BCUT2D eigenvalue weighted by atomic mass is 16.2. The molecule has 1 N–H and O–H groups in total. The third-order valence-electron chi connectivity index (χ3n) is 4.40. The standard InChI is InChI=1S/C18H21N3O2/c1-20-16(22)13-15(17(20)14-7-3-2-4-8-14)18(23)19-9-12-21-10-5-6-11-21/h2-8,10-11,15,17H,9,12-13H2,1H3,(H,19,23). The Hall–Kier alpha value is -2.56.